The molecule has 1 aromatic rings. The summed E-state index contributed by atoms with van der Waals surface area (Å²) in [7, 11) is 0. The Kier molecular flexibility index (Phi) is 2.59. The average molecular weight is 190 g/mol. The van der Waals surface area contributed by atoms with Crippen molar-refractivity contribution in [3.05, 3.63) is 32.9 Å². The third kappa shape index (κ3) is 1.51. The molecule has 0 saturated carbocycles. The number of aliphatic hydroxyl groups is 2. The van der Waals surface area contributed by atoms with Crippen LogP contribution in [0.25, 0.3) is 0 Å². The summed E-state index contributed by atoms with van der Waals surface area (Å²) in [6, 6.07) is 0.508. The minimum Gasteiger partial charge on any atom is -0.376 e. The lowest BCUT2D eigenvalue weighted by atomic mass is 10.6. The number of nitrogens with zero attached hydrogens (tertiary/aromatic N) is 2. The Morgan fingerprint density at radius 1 is 1.23 bits per heavy atom. The number of rotatable bonds is 2. The highest BCUT2D eigenvalue weighted by Gasteiger charge is 2.08. The van der Waals surface area contributed by atoms with E-state index in [4.69, 9.17) is 10.2 Å². The second-order valence-corrected chi connectivity index (χ2v) is 2.23. The fourth-order valence-electron chi connectivity index (χ4n) is 0.847. The maximum absolute atomic E-state index is 12.7. The Morgan fingerprint density at radius 3 is 2.23 bits per heavy atom. The molecule has 0 aromatic carbocycles. The summed E-state index contributed by atoms with van der Waals surface area (Å²) < 4.78 is 13.4. The first kappa shape index (κ1) is 9.62. The van der Waals surface area contributed by atoms with Crippen LogP contribution in [0.15, 0.2) is 15.7 Å². The fraction of sp³-hybridized carbons (Fsp3) is 0.333. The molecule has 0 aliphatic rings. The van der Waals surface area contributed by atoms with Gasteiger partial charge in [-0.2, -0.15) is 4.39 Å². The number of aliphatic hydroxyl groups excluding tert-OH is 2. The van der Waals surface area contributed by atoms with Crippen LogP contribution < -0.4 is 11.2 Å². The second-order valence-electron chi connectivity index (χ2n) is 2.23. The highest BCUT2D eigenvalue weighted by atomic mass is 19.1. The molecule has 0 atom stereocenters. The molecule has 0 unspecified atom stereocenters. The lowest BCUT2D eigenvalue weighted by Gasteiger charge is -2.05. The Morgan fingerprint density at radius 2 is 1.77 bits per heavy atom. The first-order chi connectivity index (χ1) is 6.11. The highest BCUT2D eigenvalue weighted by Crippen LogP contribution is 1.87. The van der Waals surface area contributed by atoms with Gasteiger partial charge in [0, 0.05) is 0 Å². The fourth-order valence-corrected chi connectivity index (χ4v) is 0.847. The van der Waals surface area contributed by atoms with E-state index in [9.17, 15) is 14.0 Å². The van der Waals surface area contributed by atoms with Gasteiger partial charge in [-0.1, -0.05) is 0 Å². The molecule has 0 saturated heterocycles. The third-order valence-corrected chi connectivity index (χ3v) is 1.51. The molecule has 0 bridgehead atoms. The smallest absolute Gasteiger partial charge is 0.337 e. The van der Waals surface area contributed by atoms with E-state index in [0.29, 0.717) is 15.2 Å². The molecule has 0 aliphatic carbocycles. The van der Waals surface area contributed by atoms with Gasteiger partial charge < -0.3 is 10.2 Å². The van der Waals surface area contributed by atoms with E-state index in [1.54, 1.807) is 0 Å². The van der Waals surface area contributed by atoms with E-state index >= 15 is 0 Å². The van der Waals surface area contributed by atoms with Crippen LogP contribution in [0.5, 0.6) is 0 Å². The van der Waals surface area contributed by atoms with Crippen molar-refractivity contribution in [1.82, 2.24) is 9.13 Å². The van der Waals surface area contributed by atoms with Crippen LogP contribution in [0, 0.1) is 5.95 Å². The molecule has 1 aromatic heterocycles. The zero-order valence-electron chi connectivity index (χ0n) is 6.47. The third-order valence-electron chi connectivity index (χ3n) is 1.51. The average Bonchev–Trinajstić information content (AvgIpc) is 2.04. The molecular formula is C6H7FN2O4. The lowest BCUT2D eigenvalue weighted by Crippen LogP contribution is -2.41. The molecule has 7 heteroatoms. The van der Waals surface area contributed by atoms with Crippen molar-refractivity contribution in [3.63, 3.8) is 0 Å². The van der Waals surface area contributed by atoms with Crippen molar-refractivity contribution in [2.75, 3.05) is 0 Å². The number of hydrogen-bond donors (Lipinski definition) is 2. The van der Waals surface area contributed by atoms with Gasteiger partial charge in [0.2, 0.25) is 5.95 Å². The molecule has 0 radical (unpaired) electrons. The summed E-state index contributed by atoms with van der Waals surface area (Å²) in [5.41, 5.74) is -2.04. The largest absolute Gasteiger partial charge is 0.376 e. The van der Waals surface area contributed by atoms with E-state index in [2.05, 4.69) is 0 Å². The topological polar surface area (TPSA) is 84.5 Å². The Balaban J connectivity index is 3.59. The monoisotopic (exact) mass is 190 g/mol. The molecule has 0 aliphatic heterocycles. The standard InChI is InChI=1S/C6H7FN2O4/c7-4-1-5(12)9(3-11)6(13)8(4)2-10/h1,10-11H,2-3H2. The molecule has 2 N–H and O–H groups in total. The highest BCUT2D eigenvalue weighted by molar-refractivity contribution is 4.88. The van der Waals surface area contributed by atoms with E-state index in [-0.39, 0.29) is 0 Å². The lowest BCUT2D eigenvalue weighted by molar-refractivity contribution is 0.161. The molecule has 0 fully saturated rings. The zero-order valence-corrected chi connectivity index (χ0v) is 6.47. The summed E-state index contributed by atoms with van der Waals surface area (Å²) in [5, 5.41) is 17.1. The summed E-state index contributed by atoms with van der Waals surface area (Å²) in [6.45, 7) is -1.73. The summed E-state index contributed by atoms with van der Waals surface area (Å²) >= 11 is 0. The van der Waals surface area contributed by atoms with Crippen molar-refractivity contribution < 1.29 is 14.6 Å². The second kappa shape index (κ2) is 3.50. The van der Waals surface area contributed by atoms with Crippen molar-refractivity contribution in [1.29, 1.82) is 0 Å². The van der Waals surface area contributed by atoms with Crippen LogP contribution in [0.4, 0.5) is 4.39 Å². The van der Waals surface area contributed by atoms with Crippen LogP contribution in [0.2, 0.25) is 0 Å². The van der Waals surface area contributed by atoms with Crippen molar-refractivity contribution in [3.8, 4) is 0 Å². The van der Waals surface area contributed by atoms with Crippen LogP contribution in [0.3, 0.4) is 0 Å². The predicted molar refractivity (Wildman–Crippen MR) is 39.4 cm³/mol. The first-order valence-corrected chi connectivity index (χ1v) is 3.33. The predicted octanol–water partition coefficient (Wildman–Crippen LogP) is -1.95. The Labute approximate surface area is 71.1 Å². The van der Waals surface area contributed by atoms with Crippen LogP contribution in [-0.2, 0) is 13.5 Å². The minimum absolute atomic E-state index is 0.317. The normalized spacial score (nSPS) is 10.4. The van der Waals surface area contributed by atoms with E-state index in [0.717, 1.165) is 0 Å². The number of hydrogen-bond acceptors (Lipinski definition) is 4. The van der Waals surface area contributed by atoms with Gasteiger partial charge in [-0.15, -0.1) is 0 Å². The number of halogens is 1. The molecule has 72 valence electrons. The van der Waals surface area contributed by atoms with Gasteiger partial charge in [0.15, 0.2) is 0 Å². The van der Waals surface area contributed by atoms with Crippen LogP contribution in [-0.4, -0.2) is 19.3 Å². The minimum atomic E-state index is -1.14. The van der Waals surface area contributed by atoms with Gasteiger partial charge in [0.1, 0.15) is 13.5 Å². The van der Waals surface area contributed by atoms with Crippen LogP contribution >= 0.6 is 0 Å². The van der Waals surface area contributed by atoms with Gasteiger partial charge in [-0.3, -0.25) is 4.79 Å². The molecule has 13 heavy (non-hydrogen) atoms. The number of aromatic nitrogens is 2. The van der Waals surface area contributed by atoms with Gasteiger partial charge in [0.05, 0.1) is 6.07 Å². The van der Waals surface area contributed by atoms with Gasteiger partial charge in [0.25, 0.3) is 5.56 Å². The van der Waals surface area contributed by atoms with Gasteiger partial charge >= 0.3 is 5.69 Å². The maximum Gasteiger partial charge on any atom is 0.337 e. The summed E-state index contributed by atoms with van der Waals surface area (Å²) in [4.78, 5) is 21.9. The zero-order chi connectivity index (χ0) is 10.0. The van der Waals surface area contributed by atoms with Gasteiger partial charge in [-0.05, 0) is 0 Å². The summed E-state index contributed by atoms with van der Waals surface area (Å²) in [5.74, 6) is -1.14. The van der Waals surface area contributed by atoms with Crippen LogP contribution in [0.1, 0.15) is 0 Å². The van der Waals surface area contributed by atoms with Crippen molar-refractivity contribution in [2.45, 2.75) is 13.5 Å². The van der Waals surface area contributed by atoms with Gasteiger partial charge in [-0.25, -0.2) is 13.9 Å². The first-order valence-electron chi connectivity index (χ1n) is 3.33. The molecular weight excluding hydrogens is 183 g/mol. The summed E-state index contributed by atoms with van der Waals surface area (Å²) in [6.07, 6.45) is 0. The molecule has 1 rings (SSSR count). The Bertz CT molecular complexity index is 422. The molecule has 0 spiro atoms. The van der Waals surface area contributed by atoms with E-state index < -0.39 is 30.7 Å². The van der Waals surface area contributed by atoms with E-state index in [1.165, 1.54) is 0 Å². The Hall–Kier alpha value is -1.47. The molecule has 6 nitrogen and oxygen atoms in total. The quantitative estimate of drug-likeness (QED) is 0.531. The maximum atomic E-state index is 12.7. The SMILES string of the molecule is O=c1cc(F)n(CO)c(=O)n1CO. The molecule has 0 amide bonds. The van der Waals surface area contributed by atoms with E-state index in [1.807, 2.05) is 0 Å². The van der Waals surface area contributed by atoms with Crippen molar-refractivity contribution >= 4 is 0 Å². The molecule has 1 heterocycles. The van der Waals surface area contributed by atoms with Crippen molar-refractivity contribution in [2.24, 2.45) is 0 Å².